The molecule has 0 unspecified atom stereocenters. The van der Waals surface area contributed by atoms with Gasteiger partial charge in [0.25, 0.3) is 0 Å². The second kappa shape index (κ2) is 4.05. The third-order valence-corrected chi connectivity index (χ3v) is 3.78. The van der Waals surface area contributed by atoms with Gasteiger partial charge in [-0.25, -0.2) is 4.39 Å². The molecule has 1 aliphatic carbocycles. The normalized spacial score (nSPS) is 17.5. The minimum atomic E-state index is -0.171. The van der Waals surface area contributed by atoms with Gasteiger partial charge < -0.3 is 4.90 Å². The van der Waals surface area contributed by atoms with Crippen LogP contribution in [0.4, 0.5) is 10.1 Å². The first-order valence-corrected chi connectivity index (χ1v) is 5.86. The molecule has 0 aromatic heterocycles. The lowest BCUT2D eigenvalue weighted by Gasteiger charge is -2.24. The van der Waals surface area contributed by atoms with Gasteiger partial charge in [-0.3, -0.25) is 0 Å². The molecule has 1 aliphatic rings. The molecule has 1 aromatic rings. The van der Waals surface area contributed by atoms with Crippen LogP contribution in [0.15, 0.2) is 24.3 Å². The Labute approximate surface area is 95.7 Å². The van der Waals surface area contributed by atoms with Gasteiger partial charge in [0, 0.05) is 19.3 Å². The summed E-state index contributed by atoms with van der Waals surface area (Å²) in [6, 6.07) is 6.75. The second-order valence-corrected chi connectivity index (χ2v) is 4.81. The molecule has 0 radical (unpaired) electrons. The van der Waals surface area contributed by atoms with Crippen molar-refractivity contribution in [2.45, 2.75) is 12.8 Å². The van der Waals surface area contributed by atoms with Gasteiger partial charge >= 0.3 is 0 Å². The highest BCUT2D eigenvalue weighted by atomic mass is 32.1. The van der Waals surface area contributed by atoms with Crippen LogP contribution in [0, 0.1) is 11.2 Å². The number of anilines is 1. The molecule has 15 heavy (non-hydrogen) atoms. The highest BCUT2D eigenvalue weighted by molar-refractivity contribution is 7.80. The van der Waals surface area contributed by atoms with E-state index in [4.69, 9.17) is 0 Å². The van der Waals surface area contributed by atoms with Gasteiger partial charge in [0.05, 0.1) is 0 Å². The van der Waals surface area contributed by atoms with E-state index in [2.05, 4.69) is 17.5 Å². The zero-order valence-electron chi connectivity index (χ0n) is 8.91. The number of thiol groups is 1. The lowest BCUT2D eigenvalue weighted by Crippen LogP contribution is -2.27. The summed E-state index contributed by atoms with van der Waals surface area (Å²) in [4.78, 5) is 2.12. The Hall–Kier alpha value is -0.700. The second-order valence-electron chi connectivity index (χ2n) is 4.49. The first kappa shape index (κ1) is 10.8. The van der Waals surface area contributed by atoms with E-state index in [9.17, 15) is 4.39 Å². The quantitative estimate of drug-likeness (QED) is 0.771. The van der Waals surface area contributed by atoms with Gasteiger partial charge in [0.2, 0.25) is 0 Å². The molecule has 0 atom stereocenters. The van der Waals surface area contributed by atoms with Gasteiger partial charge in [0.15, 0.2) is 0 Å². The van der Waals surface area contributed by atoms with Crippen LogP contribution in [-0.4, -0.2) is 19.3 Å². The summed E-state index contributed by atoms with van der Waals surface area (Å²) < 4.78 is 13.0. The molecule has 2 rings (SSSR count). The predicted molar refractivity (Wildman–Crippen MR) is 65.2 cm³/mol. The molecule has 3 heteroatoms. The average molecular weight is 225 g/mol. The smallest absolute Gasteiger partial charge is 0.125 e. The van der Waals surface area contributed by atoms with Crippen LogP contribution >= 0.6 is 12.6 Å². The maximum Gasteiger partial charge on any atom is 0.125 e. The van der Waals surface area contributed by atoms with Crippen molar-refractivity contribution in [3.8, 4) is 0 Å². The van der Waals surface area contributed by atoms with Gasteiger partial charge in [0.1, 0.15) is 5.82 Å². The van der Waals surface area contributed by atoms with Crippen molar-refractivity contribution >= 4 is 18.3 Å². The third kappa shape index (κ3) is 2.46. The SMILES string of the molecule is CN(CC1(CS)CC1)c1cccc(F)c1. The molecule has 1 aromatic carbocycles. The van der Waals surface area contributed by atoms with Gasteiger partial charge in [-0.2, -0.15) is 12.6 Å². The van der Waals surface area contributed by atoms with Crippen LogP contribution in [0.25, 0.3) is 0 Å². The zero-order valence-corrected chi connectivity index (χ0v) is 9.80. The summed E-state index contributed by atoms with van der Waals surface area (Å²) >= 11 is 4.37. The maximum atomic E-state index is 13.0. The largest absolute Gasteiger partial charge is 0.374 e. The lowest BCUT2D eigenvalue weighted by atomic mass is 10.1. The van der Waals surface area contributed by atoms with E-state index < -0.39 is 0 Å². The van der Waals surface area contributed by atoms with Gasteiger partial charge in [-0.15, -0.1) is 0 Å². The van der Waals surface area contributed by atoms with Crippen molar-refractivity contribution in [1.82, 2.24) is 0 Å². The first-order valence-electron chi connectivity index (χ1n) is 5.23. The summed E-state index contributed by atoms with van der Waals surface area (Å²) in [5.74, 6) is 0.752. The molecule has 0 heterocycles. The lowest BCUT2D eigenvalue weighted by molar-refractivity contribution is 0.578. The summed E-state index contributed by atoms with van der Waals surface area (Å²) in [5, 5.41) is 0. The molecule has 1 nitrogen and oxygen atoms in total. The molecule has 0 saturated heterocycles. The Morgan fingerprint density at radius 3 is 2.73 bits per heavy atom. The van der Waals surface area contributed by atoms with Crippen LogP contribution in [-0.2, 0) is 0 Å². The topological polar surface area (TPSA) is 3.24 Å². The van der Waals surface area contributed by atoms with E-state index in [1.54, 1.807) is 12.1 Å². The van der Waals surface area contributed by atoms with E-state index in [-0.39, 0.29) is 5.82 Å². The average Bonchev–Trinajstić information content (AvgIpc) is 2.98. The minimum Gasteiger partial charge on any atom is -0.374 e. The molecule has 0 aliphatic heterocycles. The van der Waals surface area contributed by atoms with Crippen LogP contribution in [0.1, 0.15) is 12.8 Å². The minimum absolute atomic E-state index is 0.171. The van der Waals surface area contributed by atoms with E-state index in [0.717, 1.165) is 18.0 Å². The van der Waals surface area contributed by atoms with Crippen LogP contribution in [0.5, 0.6) is 0 Å². The van der Waals surface area contributed by atoms with Crippen LogP contribution in [0.2, 0.25) is 0 Å². The molecule has 0 amide bonds. The Bertz CT molecular complexity index is 349. The molecule has 0 N–H and O–H groups in total. The number of rotatable bonds is 4. The number of benzene rings is 1. The molecule has 1 fully saturated rings. The Balaban J connectivity index is 2.04. The highest BCUT2D eigenvalue weighted by Crippen LogP contribution is 2.47. The Kier molecular flexibility index (Phi) is 2.91. The molecular weight excluding hydrogens is 209 g/mol. The fourth-order valence-corrected chi connectivity index (χ4v) is 2.27. The number of hydrogen-bond acceptors (Lipinski definition) is 2. The van der Waals surface area contributed by atoms with E-state index in [1.807, 2.05) is 13.1 Å². The Morgan fingerprint density at radius 2 is 2.20 bits per heavy atom. The maximum absolute atomic E-state index is 13.0. The van der Waals surface area contributed by atoms with Gasteiger partial charge in [-0.1, -0.05) is 6.07 Å². The van der Waals surface area contributed by atoms with E-state index in [0.29, 0.717) is 5.41 Å². The highest BCUT2D eigenvalue weighted by Gasteiger charge is 2.42. The van der Waals surface area contributed by atoms with E-state index >= 15 is 0 Å². The molecule has 0 bridgehead atoms. The molecular formula is C12H16FNS. The van der Waals surface area contributed by atoms with Crippen molar-refractivity contribution in [2.75, 3.05) is 24.2 Å². The summed E-state index contributed by atoms with van der Waals surface area (Å²) in [6.45, 7) is 0.972. The standard InChI is InChI=1S/C12H16FNS/c1-14(8-12(9-15)5-6-12)11-4-2-3-10(13)7-11/h2-4,7,15H,5-6,8-9H2,1H3. The van der Waals surface area contributed by atoms with Crippen LogP contribution < -0.4 is 4.90 Å². The van der Waals surface area contributed by atoms with Crippen molar-refractivity contribution in [3.63, 3.8) is 0 Å². The van der Waals surface area contributed by atoms with Crippen molar-refractivity contribution in [2.24, 2.45) is 5.41 Å². The van der Waals surface area contributed by atoms with Crippen molar-refractivity contribution < 1.29 is 4.39 Å². The van der Waals surface area contributed by atoms with Crippen molar-refractivity contribution in [1.29, 1.82) is 0 Å². The molecule has 0 spiro atoms. The van der Waals surface area contributed by atoms with E-state index in [1.165, 1.54) is 18.9 Å². The zero-order chi connectivity index (χ0) is 10.9. The number of hydrogen-bond donors (Lipinski definition) is 1. The van der Waals surface area contributed by atoms with Crippen LogP contribution in [0.3, 0.4) is 0 Å². The summed E-state index contributed by atoms with van der Waals surface area (Å²) in [6.07, 6.45) is 2.49. The molecule has 1 saturated carbocycles. The fourth-order valence-electron chi connectivity index (χ4n) is 1.85. The monoisotopic (exact) mass is 225 g/mol. The van der Waals surface area contributed by atoms with Gasteiger partial charge in [-0.05, 0) is 42.2 Å². The Morgan fingerprint density at radius 1 is 1.47 bits per heavy atom. The summed E-state index contributed by atoms with van der Waals surface area (Å²) in [7, 11) is 2.01. The third-order valence-electron chi connectivity index (χ3n) is 3.11. The summed E-state index contributed by atoms with van der Waals surface area (Å²) in [5.41, 5.74) is 1.33. The predicted octanol–water partition coefficient (Wildman–Crippen LogP) is 2.97. The number of nitrogens with zero attached hydrogens (tertiary/aromatic N) is 1. The first-order chi connectivity index (χ1) is 7.15. The van der Waals surface area contributed by atoms with Crippen molar-refractivity contribution in [3.05, 3.63) is 30.1 Å². The molecule has 82 valence electrons. The fraction of sp³-hybridized carbons (Fsp3) is 0.500. The number of halogens is 1.